The number of nitrogens with one attached hydrogen (secondary N) is 1. The Balaban J connectivity index is 2.76. The van der Waals surface area contributed by atoms with Gasteiger partial charge in [0.1, 0.15) is 0 Å². The van der Waals surface area contributed by atoms with E-state index < -0.39 is 0 Å². The first-order chi connectivity index (χ1) is 3.43. The standard InChI is InChI=1S/C2H6N2O3/c1-2-4-3-5-7-6-4/h3H,2H2,1H3. The Morgan fingerprint density at radius 2 is 2.57 bits per heavy atom. The van der Waals surface area contributed by atoms with Gasteiger partial charge in [-0.15, -0.1) is 9.36 Å². The van der Waals surface area contributed by atoms with Gasteiger partial charge in [-0.25, -0.2) is 0 Å². The fourth-order valence-electron chi connectivity index (χ4n) is 0.241. The van der Waals surface area contributed by atoms with Crippen LogP contribution in [0.5, 0.6) is 0 Å². The Morgan fingerprint density at radius 1 is 1.71 bits per heavy atom. The summed E-state index contributed by atoms with van der Waals surface area (Å²) in [5.74, 6) is 0. The molecule has 1 N–H and O–H groups in total. The van der Waals surface area contributed by atoms with Gasteiger partial charge in [-0.05, 0) is 11.7 Å². The molecule has 5 nitrogen and oxygen atoms in total. The van der Waals surface area contributed by atoms with Crippen LogP contribution in [0.2, 0.25) is 0 Å². The van der Waals surface area contributed by atoms with Crippen LogP contribution < -0.4 is 0 Å². The molecule has 0 atom stereocenters. The number of aromatic nitrogens is 2. The predicted molar refractivity (Wildman–Crippen MR) is 18.9 cm³/mol. The zero-order valence-electron chi connectivity index (χ0n) is 3.88. The summed E-state index contributed by atoms with van der Waals surface area (Å²) in [6.07, 6.45) is 0. The molecule has 0 aromatic carbocycles. The Morgan fingerprint density at radius 3 is 2.86 bits per heavy atom. The van der Waals surface area contributed by atoms with E-state index in [-0.39, 0.29) is 0 Å². The van der Waals surface area contributed by atoms with E-state index in [1.165, 1.54) is 4.85 Å². The van der Waals surface area contributed by atoms with Gasteiger partial charge in [0, 0.05) is 0 Å². The van der Waals surface area contributed by atoms with Crippen LogP contribution in [0.3, 0.4) is 0 Å². The SMILES string of the molecule is CCn1[nH]ooo1. The number of rotatable bonds is 1. The number of nitrogens with zero attached hydrogens (tertiary/aromatic N) is 1. The molecule has 42 valence electrons. The van der Waals surface area contributed by atoms with Crippen molar-refractivity contribution in [2.24, 2.45) is 0 Å². The third-order valence-corrected chi connectivity index (χ3v) is 0.581. The van der Waals surface area contributed by atoms with Gasteiger partial charge in [-0.3, -0.25) is 0 Å². The first-order valence-electron chi connectivity index (χ1n) is 1.97. The Labute approximate surface area is 38.9 Å². The summed E-state index contributed by atoms with van der Waals surface area (Å²) in [5, 5.41) is 2.30. The lowest BCUT2D eigenvalue weighted by Crippen LogP contribution is -1.91. The van der Waals surface area contributed by atoms with Crippen LogP contribution in [0, 0.1) is 0 Å². The maximum Gasteiger partial charge on any atom is 0.0781 e. The van der Waals surface area contributed by atoms with Crippen LogP contribution in [-0.2, 0) is 6.54 Å². The quantitative estimate of drug-likeness (QED) is 0.537. The highest BCUT2D eigenvalue weighted by molar-refractivity contribution is 4.03. The molecular weight excluding hydrogens is 100 g/mol. The number of aromatic amines is 1. The van der Waals surface area contributed by atoms with Crippen molar-refractivity contribution in [1.29, 1.82) is 0 Å². The Kier molecular flexibility index (Phi) is 0.972. The minimum atomic E-state index is 0.667. The molecule has 1 aromatic heterocycles. The van der Waals surface area contributed by atoms with Gasteiger partial charge in [0.2, 0.25) is 0 Å². The Hall–Kier alpha value is -1.00. The fourth-order valence-corrected chi connectivity index (χ4v) is 0.241. The normalized spacial score (nSPS) is 9.29. The molecule has 0 spiro atoms. The van der Waals surface area contributed by atoms with Crippen molar-refractivity contribution in [1.82, 2.24) is 10.1 Å². The molecule has 0 aliphatic carbocycles. The van der Waals surface area contributed by atoms with Crippen molar-refractivity contribution in [3.8, 4) is 0 Å². The van der Waals surface area contributed by atoms with E-state index in [2.05, 4.69) is 19.4 Å². The summed E-state index contributed by atoms with van der Waals surface area (Å²) >= 11 is 0. The maximum absolute atomic E-state index is 4.30. The van der Waals surface area contributed by atoms with Gasteiger partial charge < -0.3 is 0 Å². The lowest BCUT2D eigenvalue weighted by atomic mass is 10.8. The highest BCUT2D eigenvalue weighted by Gasteiger charge is 1.81. The molecule has 1 heterocycles. The lowest BCUT2D eigenvalue weighted by molar-refractivity contribution is -0.193. The van der Waals surface area contributed by atoms with Gasteiger partial charge in [0.25, 0.3) is 0 Å². The molecule has 0 aliphatic heterocycles. The zero-order valence-corrected chi connectivity index (χ0v) is 3.88. The molecule has 0 amide bonds. The Bertz CT molecular complexity index is 125. The molecule has 0 saturated carbocycles. The third-order valence-electron chi connectivity index (χ3n) is 0.581. The largest absolute Gasteiger partial charge is 0.136 e. The topological polar surface area (TPSA) is 60.1 Å². The summed E-state index contributed by atoms with van der Waals surface area (Å²) in [6, 6.07) is 0. The van der Waals surface area contributed by atoms with E-state index in [1.54, 1.807) is 0 Å². The molecule has 7 heavy (non-hydrogen) atoms. The zero-order chi connectivity index (χ0) is 5.11. The smallest absolute Gasteiger partial charge is 0.0781 e. The van der Waals surface area contributed by atoms with Crippen LogP contribution in [0.15, 0.2) is 14.1 Å². The number of hydrogen-bond donors (Lipinski definition) is 1. The van der Waals surface area contributed by atoms with E-state index in [0.717, 1.165) is 0 Å². The van der Waals surface area contributed by atoms with Gasteiger partial charge in [-0.1, -0.05) is 10.1 Å². The molecule has 0 unspecified atom stereocenters. The van der Waals surface area contributed by atoms with Crippen molar-refractivity contribution in [2.45, 2.75) is 13.5 Å². The summed E-state index contributed by atoms with van der Waals surface area (Å²) in [4.78, 5) is 1.29. The molecule has 1 rings (SSSR count). The van der Waals surface area contributed by atoms with Crippen LogP contribution in [0.4, 0.5) is 0 Å². The second-order valence-electron chi connectivity index (χ2n) is 1.01. The number of hydrogen-bond acceptors (Lipinski definition) is 3. The monoisotopic (exact) mass is 106 g/mol. The van der Waals surface area contributed by atoms with E-state index in [0.29, 0.717) is 6.54 Å². The number of H-pyrrole nitrogens is 1. The van der Waals surface area contributed by atoms with Gasteiger partial charge >= 0.3 is 0 Å². The van der Waals surface area contributed by atoms with Gasteiger partial charge in [-0.2, -0.15) is 0 Å². The van der Waals surface area contributed by atoms with E-state index in [4.69, 9.17) is 0 Å². The van der Waals surface area contributed by atoms with Crippen LogP contribution in [-0.4, -0.2) is 10.1 Å². The first-order valence-corrected chi connectivity index (χ1v) is 1.97. The highest BCUT2D eigenvalue weighted by atomic mass is 17.3. The van der Waals surface area contributed by atoms with Crippen molar-refractivity contribution < 1.29 is 14.1 Å². The van der Waals surface area contributed by atoms with E-state index >= 15 is 0 Å². The summed E-state index contributed by atoms with van der Waals surface area (Å²) in [6.45, 7) is 2.55. The average molecular weight is 106 g/mol. The number of aryl methyl sites for hydroxylation is 1. The molecule has 0 aliphatic rings. The van der Waals surface area contributed by atoms with Crippen molar-refractivity contribution >= 4 is 0 Å². The molecule has 1 aromatic rings. The van der Waals surface area contributed by atoms with Crippen molar-refractivity contribution in [2.75, 3.05) is 0 Å². The highest BCUT2D eigenvalue weighted by Crippen LogP contribution is 1.79. The fraction of sp³-hybridized carbons (Fsp3) is 1.00. The lowest BCUT2D eigenvalue weighted by Gasteiger charge is -1.79. The first kappa shape index (κ1) is 4.17. The molecule has 0 bridgehead atoms. The van der Waals surface area contributed by atoms with Gasteiger partial charge in [0.15, 0.2) is 0 Å². The summed E-state index contributed by atoms with van der Waals surface area (Å²) < 4.78 is 12.4. The summed E-state index contributed by atoms with van der Waals surface area (Å²) in [5.41, 5.74) is 0. The van der Waals surface area contributed by atoms with Crippen LogP contribution in [0.25, 0.3) is 0 Å². The second-order valence-corrected chi connectivity index (χ2v) is 1.01. The summed E-state index contributed by atoms with van der Waals surface area (Å²) in [7, 11) is 0. The van der Waals surface area contributed by atoms with Crippen LogP contribution >= 0.6 is 0 Å². The average Bonchev–Trinajstić information content (AvgIpc) is 2.14. The van der Waals surface area contributed by atoms with E-state index in [9.17, 15) is 0 Å². The molecular formula is C2H6N2O3. The van der Waals surface area contributed by atoms with Crippen molar-refractivity contribution in [3.63, 3.8) is 0 Å². The molecule has 0 fully saturated rings. The minimum Gasteiger partial charge on any atom is -0.136 e. The molecule has 5 heteroatoms. The van der Waals surface area contributed by atoms with Crippen molar-refractivity contribution in [3.05, 3.63) is 0 Å². The maximum atomic E-state index is 4.30. The van der Waals surface area contributed by atoms with Crippen LogP contribution in [0.1, 0.15) is 6.92 Å². The van der Waals surface area contributed by atoms with E-state index in [1.807, 2.05) is 6.92 Å². The second kappa shape index (κ2) is 1.63. The molecule has 0 saturated heterocycles. The minimum absolute atomic E-state index is 0.667. The molecule has 0 radical (unpaired) electrons. The predicted octanol–water partition coefficient (Wildman–Crippen LogP) is 0.740. The van der Waals surface area contributed by atoms with Gasteiger partial charge in [0.05, 0.1) is 6.54 Å². The third kappa shape index (κ3) is 0.703.